The smallest absolute Gasteiger partial charge is 0.267 e. The predicted octanol–water partition coefficient (Wildman–Crippen LogP) is 2.05. The van der Waals surface area contributed by atoms with E-state index in [1.165, 1.54) is 4.31 Å². The third-order valence-electron chi connectivity index (χ3n) is 6.07. The molecule has 4 heterocycles. The average molecular weight is 360 g/mol. The van der Waals surface area contributed by atoms with E-state index >= 15 is 0 Å². The van der Waals surface area contributed by atoms with Crippen molar-refractivity contribution in [3.63, 3.8) is 0 Å². The van der Waals surface area contributed by atoms with E-state index in [4.69, 9.17) is 0 Å². The van der Waals surface area contributed by atoms with Crippen LogP contribution in [0.25, 0.3) is 0 Å². The molecule has 6 nitrogen and oxygen atoms in total. The molecule has 4 fully saturated rings. The number of rotatable bonds is 2. The molecule has 134 valence electrons. The lowest BCUT2D eigenvalue weighted by Crippen LogP contribution is -2.39. The summed E-state index contributed by atoms with van der Waals surface area (Å²) in [6.07, 6.45) is 4.40. The average Bonchev–Trinajstić information content (AvgIpc) is 3.46. The summed E-state index contributed by atoms with van der Waals surface area (Å²) < 4.78 is 27.5. The standard InChI is InChI=1S/C18H24N4O2S/c1-20-18(13-2-3-13)19-16-5-4-15(12-17(16)25(20,23)24)22-11-10-21-8-6-14(22)7-9-21/h4-5,12-14H,2-3,6-11H2,1H3. The fourth-order valence-corrected chi connectivity index (χ4v) is 5.74. The first-order valence-electron chi connectivity index (χ1n) is 9.24. The van der Waals surface area contributed by atoms with E-state index in [9.17, 15) is 8.42 Å². The van der Waals surface area contributed by atoms with Gasteiger partial charge in [0.05, 0.1) is 5.69 Å². The van der Waals surface area contributed by atoms with E-state index < -0.39 is 10.0 Å². The molecule has 1 saturated carbocycles. The van der Waals surface area contributed by atoms with Gasteiger partial charge in [0, 0.05) is 50.9 Å². The Morgan fingerprint density at radius 1 is 1.04 bits per heavy atom. The summed E-state index contributed by atoms with van der Waals surface area (Å²) in [6, 6.07) is 6.32. The molecule has 0 spiro atoms. The Hall–Kier alpha value is -1.60. The highest BCUT2D eigenvalue weighted by Crippen LogP contribution is 2.41. The van der Waals surface area contributed by atoms with Crippen LogP contribution in [0.1, 0.15) is 25.7 Å². The van der Waals surface area contributed by atoms with Crippen LogP contribution in [0.4, 0.5) is 11.4 Å². The van der Waals surface area contributed by atoms with E-state index in [0.717, 1.165) is 57.5 Å². The third kappa shape index (κ3) is 2.47. The van der Waals surface area contributed by atoms with Gasteiger partial charge in [-0.05, 0) is 43.9 Å². The minimum atomic E-state index is -3.49. The van der Waals surface area contributed by atoms with Crippen LogP contribution in [0.15, 0.2) is 28.1 Å². The second-order valence-corrected chi connectivity index (χ2v) is 9.57. The van der Waals surface area contributed by atoms with Crippen molar-refractivity contribution in [3.8, 4) is 0 Å². The van der Waals surface area contributed by atoms with Gasteiger partial charge in [-0.2, -0.15) is 0 Å². The van der Waals surface area contributed by atoms with Gasteiger partial charge in [-0.15, -0.1) is 0 Å². The molecule has 3 saturated heterocycles. The first-order chi connectivity index (χ1) is 12.0. The molecular weight excluding hydrogens is 336 g/mol. The second-order valence-electron chi connectivity index (χ2n) is 7.64. The lowest BCUT2D eigenvalue weighted by Gasteiger charge is -2.34. The molecule has 5 aliphatic rings. The Labute approximate surface area is 149 Å². The number of sulfonamides is 1. The van der Waals surface area contributed by atoms with Gasteiger partial charge in [-0.3, -0.25) is 4.31 Å². The molecule has 0 N–H and O–H groups in total. The molecule has 4 aliphatic heterocycles. The Bertz CT molecular complexity index is 839. The second kappa shape index (κ2) is 5.45. The van der Waals surface area contributed by atoms with Crippen LogP contribution >= 0.6 is 0 Å². The SMILES string of the molecule is CN1C(C2CC2)=Nc2ccc(N3CCN4CCC3CC4)cc2S1(=O)=O. The maximum Gasteiger partial charge on any atom is 0.267 e. The zero-order valence-electron chi connectivity index (χ0n) is 14.6. The maximum atomic E-state index is 13.0. The van der Waals surface area contributed by atoms with Crippen molar-refractivity contribution < 1.29 is 8.42 Å². The van der Waals surface area contributed by atoms with Crippen molar-refractivity contribution in [2.75, 3.05) is 38.1 Å². The number of amidine groups is 1. The van der Waals surface area contributed by atoms with E-state index in [1.807, 2.05) is 12.1 Å². The fraction of sp³-hybridized carbons (Fsp3) is 0.611. The van der Waals surface area contributed by atoms with Gasteiger partial charge in [0.2, 0.25) is 0 Å². The molecule has 0 radical (unpaired) electrons. The van der Waals surface area contributed by atoms with Crippen molar-refractivity contribution in [2.45, 2.75) is 36.6 Å². The van der Waals surface area contributed by atoms with E-state index in [1.54, 1.807) is 7.05 Å². The normalized spacial score (nSPS) is 30.7. The Morgan fingerprint density at radius 3 is 2.52 bits per heavy atom. The van der Waals surface area contributed by atoms with Crippen LogP contribution < -0.4 is 4.90 Å². The highest BCUT2D eigenvalue weighted by atomic mass is 32.2. The number of aliphatic imine (C=N–C) groups is 1. The number of anilines is 1. The predicted molar refractivity (Wildman–Crippen MR) is 98.0 cm³/mol. The zero-order valence-corrected chi connectivity index (χ0v) is 15.4. The number of hydrogen-bond acceptors (Lipinski definition) is 5. The highest BCUT2D eigenvalue weighted by molar-refractivity contribution is 7.90. The zero-order chi connectivity index (χ0) is 17.2. The van der Waals surface area contributed by atoms with Gasteiger partial charge in [0.15, 0.2) is 0 Å². The number of nitrogens with zero attached hydrogens (tertiary/aromatic N) is 4. The largest absolute Gasteiger partial charge is 0.367 e. The molecule has 1 aromatic carbocycles. The molecule has 0 atom stereocenters. The van der Waals surface area contributed by atoms with E-state index in [0.29, 0.717) is 28.4 Å². The lowest BCUT2D eigenvalue weighted by atomic mass is 10.0. The van der Waals surface area contributed by atoms with Gasteiger partial charge in [0.1, 0.15) is 10.7 Å². The fourth-order valence-electron chi connectivity index (χ4n) is 4.36. The summed E-state index contributed by atoms with van der Waals surface area (Å²) >= 11 is 0. The molecule has 1 aliphatic carbocycles. The quantitative estimate of drug-likeness (QED) is 0.810. The Kier molecular flexibility index (Phi) is 3.41. The molecule has 1 aromatic rings. The van der Waals surface area contributed by atoms with E-state index in [-0.39, 0.29) is 0 Å². The van der Waals surface area contributed by atoms with Crippen molar-refractivity contribution >= 4 is 27.2 Å². The minimum Gasteiger partial charge on any atom is -0.367 e. The highest BCUT2D eigenvalue weighted by Gasteiger charge is 2.40. The van der Waals surface area contributed by atoms with Crippen molar-refractivity contribution in [1.82, 2.24) is 9.21 Å². The maximum absolute atomic E-state index is 13.0. The van der Waals surface area contributed by atoms with Gasteiger partial charge in [-0.25, -0.2) is 13.4 Å². The third-order valence-corrected chi connectivity index (χ3v) is 7.86. The first kappa shape index (κ1) is 15.6. The van der Waals surface area contributed by atoms with Crippen LogP contribution in [0, 0.1) is 5.92 Å². The molecule has 0 amide bonds. The van der Waals surface area contributed by atoms with E-state index in [2.05, 4.69) is 20.9 Å². The first-order valence-corrected chi connectivity index (χ1v) is 10.7. The van der Waals surface area contributed by atoms with Crippen molar-refractivity contribution in [3.05, 3.63) is 18.2 Å². The Balaban J connectivity index is 1.56. The van der Waals surface area contributed by atoms with Crippen LogP contribution in [0.5, 0.6) is 0 Å². The monoisotopic (exact) mass is 360 g/mol. The summed E-state index contributed by atoms with van der Waals surface area (Å²) in [4.78, 5) is 9.94. The van der Waals surface area contributed by atoms with Crippen LogP contribution in [-0.2, 0) is 10.0 Å². The summed E-state index contributed by atoms with van der Waals surface area (Å²) in [5.41, 5.74) is 1.63. The molecule has 7 heteroatoms. The topological polar surface area (TPSA) is 56.2 Å². The van der Waals surface area contributed by atoms with Gasteiger partial charge < -0.3 is 9.80 Å². The van der Waals surface area contributed by atoms with Gasteiger partial charge in [0.25, 0.3) is 10.0 Å². The summed E-state index contributed by atoms with van der Waals surface area (Å²) in [5.74, 6) is 1.02. The van der Waals surface area contributed by atoms with Gasteiger partial charge in [-0.1, -0.05) is 0 Å². The molecule has 25 heavy (non-hydrogen) atoms. The molecular formula is C18H24N4O2S. The minimum absolute atomic E-state index is 0.308. The Morgan fingerprint density at radius 2 is 1.80 bits per heavy atom. The molecule has 0 unspecified atom stereocenters. The number of hydrogen-bond donors (Lipinski definition) is 0. The lowest BCUT2D eigenvalue weighted by molar-refractivity contribution is 0.250. The molecule has 6 rings (SSSR count). The van der Waals surface area contributed by atoms with Crippen LogP contribution in [-0.4, -0.2) is 62.7 Å². The molecule has 2 bridgehead atoms. The van der Waals surface area contributed by atoms with Crippen molar-refractivity contribution in [2.24, 2.45) is 10.9 Å². The summed E-state index contributed by atoms with van der Waals surface area (Å²) in [7, 11) is -1.85. The van der Waals surface area contributed by atoms with Crippen LogP contribution in [0.2, 0.25) is 0 Å². The summed E-state index contributed by atoms with van der Waals surface area (Å²) in [6.45, 7) is 4.34. The number of benzene rings is 1. The van der Waals surface area contributed by atoms with Gasteiger partial charge >= 0.3 is 0 Å². The number of piperidine rings is 1. The number of fused-ring (bicyclic) bond motifs is 5. The summed E-state index contributed by atoms with van der Waals surface area (Å²) in [5, 5.41) is 0. The van der Waals surface area contributed by atoms with Crippen LogP contribution in [0.3, 0.4) is 0 Å². The molecule has 0 aromatic heterocycles. The van der Waals surface area contributed by atoms with Crippen molar-refractivity contribution in [1.29, 1.82) is 0 Å².